The summed E-state index contributed by atoms with van der Waals surface area (Å²) < 4.78 is 35.9. The Bertz CT molecular complexity index is 1060. The molecule has 0 radical (unpaired) electrons. The van der Waals surface area contributed by atoms with Crippen LogP contribution in [0.5, 0.6) is 0 Å². The fourth-order valence-corrected chi connectivity index (χ4v) is 6.99. The Balaban J connectivity index is 0.000000270. The second-order valence-electron chi connectivity index (χ2n) is 20.2. The second kappa shape index (κ2) is 15.3. The lowest BCUT2D eigenvalue weighted by molar-refractivity contribution is -0.142. The minimum atomic E-state index is -0.466. The minimum Gasteiger partial charge on any atom is -0.403 e. The molecule has 0 bridgehead atoms. The lowest BCUT2D eigenvalue weighted by Gasteiger charge is -2.38. The van der Waals surface area contributed by atoms with E-state index in [4.69, 9.17) is 28.1 Å². The number of carbonyl (C=O) groups is 2. The maximum Gasteiger partial charge on any atom is 0.457 e. The van der Waals surface area contributed by atoms with Crippen molar-refractivity contribution in [1.82, 2.24) is 10.6 Å². The van der Waals surface area contributed by atoms with Crippen molar-refractivity contribution in [3.8, 4) is 0 Å². The van der Waals surface area contributed by atoms with E-state index in [0.717, 1.165) is 38.3 Å². The van der Waals surface area contributed by atoms with E-state index in [2.05, 4.69) is 66.0 Å². The van der Waals surface area contributed by atoms with Crippen LogP contribution in [0.3, 0.4) is 0 Å². The van der Waals surface area contributed by atoms with Crippen molar-refractivity contribution in [3.63, 3.8) is 0 Å². The van der Waals surface area contributed by atoms with Crippen molar-refractivity contribution < 1.29 is 37.7 Å². The highest BCUT2D eigenvalue weighted by Crippen LogP contribution is 2.42. The van der Waals surface area contributed by atoms with Crippen LogP contribution < -0.4 is 10.6 Å². The summed E-state index contributed by atoms with van der Waals surface area (Å²) in [6.07, 6.45) is 5.23. The Kier molecular flexibility index (Phi) is 13.2. The summed E-state index contributed by atoms with van der Waals surface area (Å²) in [7, 11) is -0.358. The largest absolute Gasteiger partial charge is 0.457 e. The number of rotatable bonds is 8. The molecule has 0 aromatic heterocycles. The van der Waals surface area contributed by atoms with Gasteiger partial charge in [0.25, 0.3) is 0 Å². The van der Waals surface area contributed by atoms with Crippen LogP contribution in [0.4, 0.5) is 0 Å². The monoisotopic (exact) mass is 707 g/mol. The topological polar surface area (TPSA) is 114 Å². The van der Waals surface area contributed by atoms with Gasteiger partial charge in [0.2, 0.25) is 11.8 Å². The van der Waals surface area contributed by atoms with E-state index in [1.165, 1.54) is 0 Å². The van der Waals surface area contributed by atoms with Gasteiger partial charge in [0.05, 0.1) is 46.4 Å². The average molecular weight is 707 g/mol. The first kappa shape index (κ1) is 43.2. The summed E-state index contributed by atoms with van der Waals surface area (Å²) in [5, 5.41) is 6.20. The molecular formula is C38H72B2N2O8. The number of carbonyl (C=O) groups excluding carboxylic acids is 2. The number of nitrogens with one attached hydrogen (secondary N) is 2. The van der Waals surface area contributed by atoms with Gasteiger partial charge in [-0.2, -0.15) is 0 Å². The predicted octanol–water partition coefficient (Wildman–Crippen LogP) is 6.85. The first-order chi connectivity index (χ1) is 22.5. The van der Waals surface area contributed by atoms with Crippen molar-refractivity contribution in [1.29, 1.82) is 0 Å². The summed E-state index contributed by atoms with van der Waals surface area (Å²) in [6, 6.07) is 0. The summed E-state index contributed by atoms with van der Waals surface area (Å²) in [5.74, 6) is 0.868. The third-order valence-corrected chi connectivity index (χ3v) is 11.3. The molecule has 0 saturated carbocycles. The third-order valence-electron chi connectivity index (χ3n) is 11.3. The molecule has 2 amide bonds. The van der Waals surface area contributed by atoms with Crippen LogP contribution in [-0.2, 0) is 37.7 Å². The van der Waals surface area contributed by atoms with Crippen LogP contribution in [0, 0.1) is 22.7 Å². The van der Waals surface area contributed by atoms with Crippen molar-refractivity contribution >= 4 is 26.1 Å². The van der Waals surface area contributed by atoms with E-state index < -0.39 is 10.8 Å². The molecule has 4 heterocycles. The van der Waals surface area contributed by atoms with Gasteiger partial charge in [0, 0.05) is 24.3 Å². The Hall–Kier alpha value is -1.17. The zero-order chi connectivity index (χ0) is 38.2. The SMILES string of the molecule is CC(C)(C)NC(=O)[C@]1(C)COC[C@@H](CCB2OC(C)(C)C(C)(C)O2)C1.CC(C)(C)NC(=O)[C@]1(C)COC[C@H](CCB2OC(C)(C)C(C)(C)O2)C1. The number of hydrogen-bond donors (Lipinski definition) is 2. The Morgan fingerprint density at radius 1 is 0.560 bits per heavy atom. The van der Waals surface area contributed by atoms with Crippen LogP contribution in [0.2, 0.25) is 12.6 Å². The molecule has 50 heavy (non-hydrogen) atoms. The summed E-state index contributed by atoms with van der Waals surface area (Å²) in [6.45, 7) is 35.0. The van der Waals surface area contributed by atoms with Crippen LogP contribution >= 0.6 is 0 Å². The van der Waals surface area contributed by atoms with Gasteiger partial charge in [-0.1, -0.05) is 0 Å². The van der Waals surface area contributed by atoms with E-state index in [9.17, 15) is 9.59 Å². The van der Waals surface area contributed by atoms with E-state index in [1.807, 2.05) is 55.4 Å². The van der Waals surface area contributed by atoms with Crippen LogP contribution in [0.25, 0.3) is 0 Å². The fraction of sp³-hybridized carbons (Fsp3) is 0.947. The highest BCUT2D eigenvalue weighted by Gasteiger charge is 2.52. The second-order valence-corrected chi connectivity index (χ2v) is 20.2. The molecule has 0 aromatic carbocycles. The molecule has 4 fully saturated rings. The Labute approximate surface area is 305 Å². The number of amides is 2. The van der Waals surface area contributed by atoms with Crippen LogP contribution in [-0.4, -0.2) is 86.0 Å². The van der Waals surface area contributed by atoms with Gasteiger partial charge >= 0.3 is 14.2 Å². The lowest BCUT2D eigenvalue weighted by atomic mass is 9.73. The third kappa shape index (κ3) is 11.4. The minimum absolute atomic E-state index is 0.0836. The van der Waals surface area contributed by atoms with E-state index in [-0.39, 0.29) is 59.5 Å². The number of ether oxygens (including phenoxy) is 2. The Morgan fingerprint density at radius 3 is 1.10 bits per heavy atom. The molecule has 0 spiro atoms. The lowest BCUT2D eigenvalue weighted by Crippen LogP contribution is -2.52. The standard InChI is InChI=1S/2C19H36BNO4/c2*1-16(2,3)21-15(22)19(8)11-14(12-23-13-19)9-10-20-24-17(4,5)18(6,7)25-20/h2*14H,9-13H2,1-8H3,(H,21,22)/t14-,19+;14-,19-/m10/s1. The predicted molar refractivity (Wildman–Crippen MR) is 201 cm³/mol. The molecule has 4 rings (SSSR count). The first-order valence-corrected chi connectivity index (χ1v) is 19.0. The maximum atomic E-state index is 12.7. The van der Waals surface area contributed by atoms with E-state index in [1.54, 1.807) is 0 Å². The molecule has 0 aromatic rings. The quantitative estimate of drug-likeness (QED) is 0.264. The summed E-state index contributed by atoms with van der Waals surface area (Å²) >= 11 is 0. The van der Waals surface area contributed by atoms with E-state index in [0.29, 0.717) is 38.3 Å². The Morgan fingerprint density at radius 2 is 0.840 bits per heavy atom. The summed E-state index contributed by atoms with van der Waals surface area (Å²) in [4.78, 5) is 25.3. The summed E-state index contributed by atoms with van der Waals surface area (Å²) in [5.41, 5.74) is -2.54. The highest BCUT2D eigenvalue weighted by atomic mass is 16.7. The van der Waals surface area contributed by atoms with Gasteiger partial charge in [0.15, 0.2) is 0 Å². The molecular weight excluding hydrogens is 634 g/mol. The molecule has 10 nitrogen and oxygen atoms in total. The zero-order valence-corrected chi connectivity index (χ0v) is 34.6. The first-order valence-electron chi connectivity index (χ1n) is 19.0. The molecule has 4 saturated heterocycles. The van der Waals surface area contributed by atoms with Gasteiger partial charge in [-0.25, -0.2) is 0 Å². The molecule has 4 aliphatic heterocycles. The normalized spacial score (nSPS) is 31.8. The van der Waals surface area contributed by atoms with Crippen LogP contribution in [0.15, 0.2) is 0 Å². The van der Waals surface area contributed by atoms with Gasteiger partial charge in [-0.05, 0) is 161 Å². The molecule has 0 unspecified atom stereocenters. The van der Waals surface area contributed by atoms with Gasteiger partial charge in [-0.15, -0.1) is 0 Å². The van der Waals surface area contributed by atoms with Crippen molar-refractivity contribution in [2.45, 2.75) is 183 Å². The molecule has 288 valence electrons. The van der Waals surface area contributed by atoms with Crippen LogP contribution in [0.1, 0.15) is 136 Å². The van der Waals surface area contributed by atoms with Crippen molar-refractivity contribution in [2.75, 3.05) is 26.4 Å². The average Bonchev–Trinajstić information content (AvgIpc) is 3.27. The molecule has 0 aliphatic carbocycles. The van der Waals surface area contributed by atoms with Gasteiger partial charge in [0.1, 0.15) is 0 Å². The van der Waals surface area contributed by atoms with Gasteiger partial charge < -0.3 is 38.7 Å². The van der Waals surface area contributed by atoms with Gasteiger partial charge in [-0.3, -0.25) is 9.59 Å². The van der Waals surface area contributed by atoms with E-state index >= 15 is 0 Å². The molecule has 4 aliphatic rings. The van der Waals surface area contributed by atoms with Crippen molar-refractivity contribution in [2.24, 2.45) is 22.7 Å². The molecule has 2 N–H and O–H groups in total. The smallest absolute Gasteiger partial charge is 0.403 e. The molecule has 4 atom stereocenters. The van der Waals surface area contributed by atoms with Crippen molar-refractivity contribution in [3.05, 3.63) is 0 Å². The maximum absolute atomic E-state index is 12.7. The molecule has 12 heteroatoms. The fourth-order valence-electron chi connectivity index (χ4n) is 6.99. The highest BCUT2D eigenvalue weighted by molar-refractivity contribution is 6.45. The zero-order valence-electron chi connectivity index (χ0n) is 34.6. The number of hydrogen-bond acceptors (Lipinski definition) is 8.